The molecule has 0 bridgehead atoms. The molecule has 152 valence electrons. The number of aryl methyl sites for hydroxylation is 1. The van der Waals surface area contributed by atoms with Crippen molar-refractivity contribution < 1.29 is 10.0 Å². The maximum Gasteiger partial charge on any atom is 0.289 e. The van der Waals surface area contributed by atoms with Gasteiger partial charge in [-0.05, 0) is 23.6 Å². The topological polar surface area (TPSA) is 161 Å². The number of nitro groups is 1. The van der Waals surface area contributed by atoms with Gasteiger partial charge in [0, 0.05) is 19.2 Å². The van der Waals surface area contributed by atoms with Gasteiger partial charge in [0.05, 0.1) is 27.4 Å². The zero-order chi connectivity index (χ0) is 21.4. The minimum atomic E-state index is -0.589. The number of aromatic nitrogens is 3. The largest absolute Gasteiger partial charge is 0.871 e. The number of hydrogen-bond donors (Lipinski definition) is 4. The Kier molecular flexibility index (Phi) is 4.47. The van der Waals surface area contributed by atoms with Gasteiger partial charge in [-0.1, -0.05) is 23.9 Å². The molecule has 0 aliphatic carbocycles. The van der Waals surface area contributed by atoms with Gasteiger partial charge in [0.25, 0.3) is 16.8 Å². The summed E-state index contributed by atoms with van der Waals surface area (Å²) in [5, 5.41) is 29.0. The fourth-order valence-corrected chi connectivity index (χ4v) is 3.15. The molecule has 0 saturated carbocycles. The minimum Gasteiger partial charge on any atom is -0.871 e. The number of rotatable bonds is 5. The number of nitrogens with one attached hydrogen (secondary N) is 4. The predicted molar refractivity (Wildman–Crippen MR) is 109 cm³/mol. The second-order valence-corrected chi connectivity index (χ2v) is 6.47. The van der Waals surface area contributed by atoms with E-state index in [0.717, 1.165) is 0 Å². The van der Waals surface area contributed by atoms with Crippen molar-refractivity contribution in [3.8, 4) is 17.0 Å². The Balaban J connectivity index is 1.75. The lowest BCUT2D eigenvalue weighted by molar-refractivity contribution is -0.384. The molecule has 0 radical (unpaired) electrons. The molecule has 2 heterocycles. The first-order valence-corrected chi connectivity index (χ1v) is 8.74. The number of fused-ring (bicyclic) bond motifs is 1. The van der Waals surface area contributed by atoms with Gasteiger partial charge in [-0.3, -0.25) is 35.3 Å². The maximum atomic E-state index is 13.0. The summed E-state index contributed by atoms with van der Waals surface area (Å²) < 4.78 is 1.34. The summed E-state index contributed by atoms with van der Waals surface area (Å²) >= 11 is 0. The van der Waals surface area contributed by atoms with Crippen LogP contribution in [0.25, 0.3) is 22.2 Å². The van der Waals surface area contributed by atoms with Crippen LogP contribution in [-0.4, -0.2) is 19.7 Å². The summed E-state index contributed by atoms with van der Waals surface area (Å²) in [4.78, 5) is 35.3. The Labute approximate surface area is 167 Å². The predicted octanol–water partition coefficient (Wildman–Crippen LogP) is 1.64. The van der Waals surface area contributed by atoms with Crippen LogP contribution in [0.1, 0.15) is 0 Å². The quantitative estimate of drug-likeness (QED) is 0.289. The van der Waals surface area contributed by atoms with Crippen LogP contribution in [-0.2, 0) is 7.05 Å². The Morgan fingerprint density at radius 1 is 1.00 bits per heavy atom. The zero-order valence-corrected chi connectivity index (χ0v) is 15.6. The van der Waals surface area contributed by atoms with Gasteiger partial charge in [-0.25, -0.2) is 0 Å². The van der Waals surface area contributed by atoms with Gasteiger partial charge in [0.15, 0.2) is 0 Å². The molecule has 0 amide bonds. The molecule has 0 atom stereocenters. The van der Waals surface area contributed by atoms with Crippen molar-refractivity contribution in [2.45, 2.75) is 0 Å². The first kappa shape index (κ1) is 18.8. The molecule has 0 aliphatic rings. The fourth-order valence-electron chi connectivity index (χ4n) is 3.15. The average molecular weight is 407 g/mol. The number of pyridine rings is 1. The monoisotopic (exact) mass is 407 g/mol. The average Bonchev–Trinajstić information content (AvgIpc) is 3.11. The molecule has 0 aliphatic heterocycles. The fraction of sp³-hybridized carbons (Fsp3) is 0.0526. The Bertz CT molecular complexity index is 1380. The molecule has 4 aromatic rings. The van der Waals surface area contributed by atoms with E-state index in [-0.39, 0.29) is 22.6 Å². The molecule has 0 saturated heterocycles. The lowest BCUT2D eigenvalue weighted by atomic mass is 10.1. The second kappa shape index (κ2) is 7.13. The lowest BCUT2D eigenvalue weighted by Crippen LogP contribution is -2.22. The molecule has 2 aromatic carbocycles. The van der Waals surface area contributed by atoms with Crippen LogP contribution in [0.2, 0.25) is 0 Å². The number of H-pyrrole nitrogens is 2. The SMILES string of the molecule is Cn1c(=O)c(-c2[nH][nH]c(=O)c2NNc2ccc([N+](=O)[O-])cc2)c([O-])c2ccccc21. The van der Waals surface area contributed by atoms with E-state index in [2.05, 4.69) is 21.0 Å². The zero-order valence-electron chi connectivity index (χ0n) is 15.6. The third-order valence-corrected chi connectivity index (χ3v) is 4.69. The van der Waals surface area contributed by atoms with Gasteiger partial charge in [-0.15, -0.1) is 0 Å². The number of anilines is 2. The second-order valence-electron chi connectivity index (χ2n) is 6.47. The lowest BCUT2D eigenvalue weighted by Gasteiger charge is -2.19. The summed E-state index contributed by atoms with van der Waals surface area (Å²) in [6.45, 7) is 0. The summed E-state index contributed by atoms with van der Waals surface area (Å²) in [5.74, 6) is -0.512. The number of benzene rings is 2. The molecule has 2 aromatic heterocycles. The highest BCUT2D eigenvalue weighted by molar-refractivity contribution is 5.93. The van der Waals surface area contributed by atoms with E-state index in [1.54, 1.807) is 31.3 Å². The molecule has 0 spiro atoms. The van der Waals surface area contributed by atoms with Crippen LogP contribution in [0.15, 0.2) is 58.1 Å². The number of nitrogens with zero attached hydrogens (tertiary/aromatic N) is 2. The Hall–Kier alpha value is -4.54. The molecular weight excluding hydrogens is 392 g/mol. The van der Waals surface area contributed by atoms with E-state index < -0.39 is 21.8 Å². The number of non-ortho nitro benzene ring substituents is 1. The smallest absolute Gasteiger partial charge is 0.289 e. The van der Waals surface area contributed by atoms with Crippen molar-refractivity contribution in [3.05, 3.63) is 79.4 Å². The maximum absolute atomic E-state index is 13.0. The van der Waals surface area contributed by atoms with Crippen LogP contribution in [0.4, 0.5) is 17.1 Å². The summed E-state index contributed by atoms with van der Waals surface area (Å²) in [5.41, 5.74) is 4.81. The van der Waals surface area contributed by atoms with E-state index in [1.165, 1.54) is 28.8 Å². The molecule has 0 unspecified atom stereocenters. The first-order chi connectivity index (χ1) is 14.4. The highest BCUT2D eigenvalue weighted by Crippen LogP contribution is 2.32. The molecule has 0 fully saturated rings. The van der Waals surface area contributed by atoms with E-state index in [0.29, 0.717) is 16.6 Å². The normalized spacial score (nSPS) is 10.8. The molecule has 30 heavy (non-hydrogen) atoms. The van der Waals surface area contributed by atoms with Gasteiger partial charge in [0.2, 0.25) is 0 Å². The van der Waals surface area contributed by atoms with E-state index >= 15 is 0 Å². The van der Waals surface area contributed by atoms with Gasteiger partial charge >= 0.3 is 0 Å². The molecule has 11 heteroatoms. The highest BCUT2D eigenvalue weighted by atomic mass is 16.6. The Morgan fingerprint density at radius 2 is 1.70 bits per heavy atom. The number of nitro benzene ring substituents is 1. The number of para-hydroxylation sites is 1. The third-order valence-electron chi connectivity index (χ3n) is 4.69. The van der Waals surface area contributed by atoms with Crippen LogP contribution < -0.4 is 27.1 Å². The van der Waals surface area contributed by atoms with Crippen LogP contribution in [0.3, 0.4) is 0 Å². The van der Waals surface area contributed by atoms with Crippen molar-refractivity contribution in [1.29, 1.82) is 0 Å². The van der Waals surface area contributed by atoms with Gasteiger partial charge in [-0.2, -0.15) is 0 Å². The highest BCUT2D eigenvalue weighted by Gasteiger charge is 2.18. The van der Waals surface area contributed by atoms with Crippen LogP contribution in [0, 0.1) is 10.1 Å². The minimum absolute atomic E-state index is 0.00534. The number of hydrazine groups is 1. The van der Waals surface area contributed by atoms with Crippen molar-refractivity contribution in [2.24, 2.45) is 7.05 Å². The van der Waals surface area contributed by atoms with Crippen molar-refractivity contribution in [2.75, 3.05) is 10.9 Å². The molecule has 11 nitrogen and oxygen atoms in total. The summed E-state index contributed by atoms with van der Waals surface area (Å²) in [7, 11) is 1.54. The van der Waals surface area contributed by atoms with Crippen molar-refractivity contribution in [1.82, 2.24) is 14.8 Å². The summed E-state index contributed by atoms with van der Waals surface area (Å²) in [6, 6.07) is 12.2. The van der Waals surface area contributed by atoms with E-state index in [1.807, 2.05) is 0 Å². The first-order valence-electron chi connectivity index (χ1n) is 8.74. The molecular formula is C19H15N6O5-. The van der Waals surface area contributed by atoms with E-state index in [9.17, 15) is 24.8 Å². The molecule has 4 rings (SSSR count). The van der Waals surface area contributed by atoms with Gasteiger partial charge < -0.3 is 15.1 Å². The Morgan fingerprint density at radius 3 is 2.40 bits per heavy atom. The summed E-state index contributed by atoms with van der Waals surface area (Å²) in [6.07, 6.45) is 0. The van der Waals surface area contributed by atoms with Crippen molar-refractivity contribution >= 4 is 28.0 Å². The van der Waals surface area contributed by atoms with Crippen LogP contribution >= 0.6 is 0 Å². The number of hydrogen-bond acceptors (Lipinski definition) is 7. The van der Waals surface area contributed by atoms with Crippen LogP contribution in [0.5, 0.6) is 5.75 Å². The van der Waals surface area contributed by atoms with Gasteiger partial charge in [0.1, 0.15) is 5.69 Å². The molecule has 4 N–H and O–H groups in total. The van der Waals surface area contributed by atoms with Crippen molar-refractivity contribution in [3.63, 3.8) is 0 Å². The van der Waals surface area contributed by atoms with E-state index in [4.69, 9.17) is 0 Å². The third kappa shape index (κ3) is 3.03. The number of aromatic amines is 2. The standard InChI is InChI=1S/C19H16N6O5/c1-24-13-5-3-2-4-12(13)17(26)14(19(24)28)15-16(18(27)23-21-15)22-20-10-6-8-11(9-7-10)25(29)30/h2-9,20,22,26H,1H3,(H2,21,23,27)/p-1.